The van der Waals surface area contributed by atoms with Crippen LogP contribution < -0.4 is 5.32 Å². The van der Waals surface area contributed by atoms with Gasteiger partial charge in [-0.05, 0) is 29.3 Å². The van der Waals surface area contributed by atoms with E-state index in [9.17, 15) is 23.1 Å². The number of rotatable bonds is 4. The maximum atomic E-state index is 12.1. The first-order chi connectivity index (χ1) is 11.8. The number of amides is 1. The molecule has 2 aromatic carbocycles. The number of fused-ring (bicyclic) bond motifs is 1. The number of phenols is 1. The van der Waals surface area contributed by atoms with E-state index in [0.717, 1.165) is 10.8 Å². The monoisotopic (exact) mass is 363 g/mol. The van der Waals surface area contributed by atoms with Gasteiger partial charge in [-0.15, -0.1) is 0 Å². The molecule has 1 aliphatic heterocycles. The third kappa shape index (κ3) is 4.08. The van der Waals surface area contributed by atoms with E-state index in [-0.39, 0.29) is 22.8 Å². The minimum absolute atomic E-state index is 0.0325. The van der Waals surface area contributed by atoms with Crippen LogP contribution in [0.4, 0.5) is 0 Å². The first kappa shape index (κ1) is 17.2. The standard InChI is InChI=1S/C17H17NO6S/c19-15-8-12-4-2-1-3-11(12)7-14(15)17(21)24-9-16(20)18-13-5-6-25(22,23)10-13/h1-4,7-8,13,19H,5-6,9-10H2,(H,18,20)/t13-/m1/s1. The van der Waals surface area contributed by atoms with E-state index < -0.39 is 34.4 Å². The number of ether oxygens (including phenoxy) is 1. The third-order valence-electron chi connectivity index (χ3n) is 4.02. The smallest absolute Gasteiger partial charge is 0.342 e. The lowest BCUT2D eigenvalue weighted by Crippen LogP contribution is -2.38. The Morgan fingerprint density at radius 1 is 1.20 bits per heavy atom. The summed E-state index contributed by atoms with van der Waals surface area (Å²) in [5.41, 5.74) is -0.0325. The van der Waals surface area contributed by atoms with Crippen molar-refractivity contribution in [1.29, 1.82) is 0 Å². The Morgan fingerprint density at radius 2 is 1.88 bits per heavy atom. The van der Waals surface area contributed by atoms with Crippen molar-refractivity contribution in [3.05, 3.63) is 42.0 Å². The van der Waals surface area contributed by atoms with E-state index in [0.29, 0.717) is 6.42 Å². The van der Waals surface area contributed by atoms with Gasteiger partial charge in [0.1, 0.15) is 11.3 Å². The van der Waals surface area contributed by atoms with Crippen molar-refractivity contribution in [2.24, 2.45) is 0 Å². The highest BCUT2D eigenvalue weighted by Gasteiger charge is 2.29. The van der Waals surface area contributed by atoms with Crippen LogP contribution in [0.15, 0.2) is 36.4 Å². The molecule has 0 saturated carbocycles. The Labute approximate surface area is 144 Å². The molecule has 8 heteroatoms. The number of esters is 1. The molecule has 3 rings (SSSR count). The maximum Gasteiger partial charge on any atom is 0.342 e. The zero-order chi connectivity index (χ0) is 18.0. The number of sulfone groups is 1. The lowest BCUT2D eigenvalue weighted by molar-refractivity contribution is -0.124. The minimum atomic E-state index is -3.10. The molecule has 1 aliphatic rings. The molecule has 2 N–H and O–H groups in total. The van der Waals surface area contributed by atoms with Crippen LogP contribution in [0.1, 0.15) is 16.8 Å². The Balaban J connectivity index is 1.61. The summed E-state index contributed by atoms with van der Waals surface area (Å²) in [6, 6.07) is 9.70. The molecule has 1 atom stereocenters. The first-order valence-electron chi connectivity index (χ1n) is 7.73. The summed E-state index contributed by atoms with van der Waals surface area (Å²) in [6.45, 7) is -0.540. The van der Waals surface area contributed by atoms with E-state index >= 15 is 0 Å². The number of carbonyl (C=O) groups excluding carboxylic acids is 2. The average molecular weight is 363 g/mol. The molecule has 0 unspecified atom stereocenters. The van der Waals surface area contributed by atoms with Gasteiger partial charge in [0.25, 0.3) is 5.91 Å². The van der Waals surface area contributed by atoms with Crippen molar-refractivity contribution in [2.75, 3.05) is 18.1 Å². The molecule has 1 saturated heterocycles. The van der Waals surface area contributed by atoms with Gasteiger partial charge in [-0.3, -0.25) is 4.79 Å². The Bertz CT molecular complexity index is 937. The first-order valence-corrected chi connectivity index (χ1v) is 9.55. The van der Waals surface area contributed by atoms with Crippen molar-refractivity contribution < 1.29 is 27.9 Å². The van der Waals surface area contributed by atoms with Crippen LogP contribution in [0.3, 0.4) is 0 Å². The Hall–Kier alpha value is -2.61. The zero-order valence-electron chi connectivity index (χ0n) is 13.3. The SMILES string of the molecule is O=C(COC(=O)c1cc2ccccc2cc1O)N[C@@H]1CCS(=O)(=O)C1. The molecule has 7 nitrogen and oxygen atoms in total. The summed E-state index contributed by atoms with van der Waals surface area (Å²) >= 11 is 0. The number of benzene rings is 2. The van der Waals surface area contributed by atoms with Crippen LogP contribution in [0.2, 0.25) is 0 Å². The van der Waals surface area contributed by atoms with Crippen LogP contribution in [-0.4, -0.2) is 49.6 Å². The highest BCUT2D eigenvalue weighted by Crippen LogP contribution is 2.25. The van der Waals surface area contributed by atoms with Gasteiger partial charge in [-0.2, -0.15) is 0 Å². The topological polar surface area (TPSA) is 110 Å². The van der Waals surface area contributed by atoms with Gasteiger partial charge in [0.05, 0.1) is 11.5 Å². The molecular formula is C17H17NO6S. The number of phenolic OH excluding ortho intramolecular Hbond substituents is 1. The largest absolute Gasteiger partial charge is 0.507 e. The van der Waals surface area contributed by atoms with Crippen LogP contribution in [0.5, 0.6) is 5.75 Å². The summed E-state index contributed by atoms with van der Waals surface area (Å²) in [6.07, 6.45) is 0.355. The fourth-order valence-electron chi connectivity index (χ4n) is 2.78. The highest BCUT2D eigenvalue weighted by atomic mass is 32.2. The fourth-order valence-corrected chi connectivity index (χ4v) is 4.45. The van der Waals surface area contributed by atoms with Crippen molar-refractivity contribution in [1.82, 2.24) is 5.32 Å². The Kier molecular flexibility index (Phi) is 4.63. The molecule has 0 radical (unpaired) electrons. The predicted molar refractivity (Wildman–Crippen MR) is 91.1 cm³/mol. The number of hydrogen-bond acceptors (Lipinski definition) is 6. The van der Waals surface area contributed by atoms with Gasteiger partial charge in [-0.1, -0.05) is 24.3 Å². The second-order valence-electron chi connectivity index (χ2n) is 5.96. The van der Waals surface area contributed by atoms with Crippen LogP contribution in [-0.2, 0) is 19.4 Å². The van der Waals surface area contributed by atoms with Gasteiger partial charge < -0.3 is 15.2 Å². The molecule has 0 bridgehead atoms. The summed E-state index contributed by atoms with van der Waals surface area (Å²) in [5.74, 6) is -1.68. The second kappa shape index (κ2) is 6.72. The Morgan fingerprint density at radius 3 is 2.52 bits per heavy atom. The van der Waals surface area contributed by atoms with Crippen molar-refractivity contribution >= 4 is 32.5 Å². The second-order valence-corrected chi connectivity index (χ2v) is 8.19. The molecular weight excluding hydrogens is 346 g/mol. The molecule has 25 heavy (non-hydrogen) atoms. The lowest BCUT2D eigenvalue weighted by Gasteiger charge is -2.11. The summed E-state index contributed by atoms with van der Waals surface area (Å²) in [5, 5.41) is 14.0. The molecule has 0 spiro atoms. The number of hydrogen-bond donors (Lipinski definition) is 2. The molecule has 1 amide bonds. The molecule has 0 aromatic heterocycles. The van der Waals surface area contributed by atoms with Crippen molar-refractivity contribution in [3.63, 3.8) is 0 Å². The van der Waals surface area contributed by atoms with E-state index in [2.05, 4.69) is 5.32 Å². The van der Waals surface area contributed by atoms with Crippen LogP contribution >= 0.6 is 0 Å². The molecule has 2 aromatic rings. The van der Waals surface area contributed by atoms with Crippen LogP contribution in [0, 0.1) is 0 Å². The number of aromatic hydroxyl groups is 1. The molecule has 132 valence electrons. The summed E-state index contributed by atoms with van der Waals surface area (Å²) in [4.78, 5) is 23.9. The average Bonchev–Trinajstić information content (AvgIpc) is 2.90. The summed E-state index contributed by atoms with van der Waals surface area (Å²) in [7, 11) is -3.10. The molecule has 1 heterocycles. The van der Waals surface area contributed by atoms with Crippen LogP contribution in [0.25, 0.3) is 10.8 Å². The van der Waals surface area contributed by atoms with E-state index in [1.165, 1.54) is 12.1 Å². The predicted octanol–water partition coefficient (Wildman–Crippen LogP) is 1.01. The quantitative estimate of drug-likeness (QED) is 0.785. The van der Waals surface area contributed by atoms with Gasteiger partial charge in [-0.25, -0.2) is 13.2 Å². The van der Waals surface area contributed by atoms with Gasteiger partial charge >= 0.3 is 5.97 Å². The number of nitrogens with one attached hydrogen (secondary N) is 1. The molecule has 1 fully saturated rings. The minimum Gasteiger partial charge on any atom is -0.507 e. The number of carbonyl (C=O) groups is 2. The van der Waals surface area contributed by atoms with E-state index in [1.54, 1.807) is 18.2 Å². The maximum absolute atomic E-state index is 12.1. The fraction of sp³-hybridized carbons (Fsp3) is 0.294. The molecule has 0 aliphatic carbocycles. The third-order valence-corrected chi connectivity index (χ3v) is 5.78. The lowest BCUT2D eigenvalue weighted by atomic mass is 10.1. The zero-order valence-corrected chi connectivity index (χ0v) is 14.1. The van der Waals surface area contributed by atoms with Crippen molar-refractivity contribution in [3.8, 4) is 5.75 Å². The van der Waals surface area contributed by atoms with Crippen molar-refractivity contribution in [2.45, 2.75) is 12.5 Å². The normalized spacial score (nSPS) is 18.8. The highest BCUT2D eigenvalue weighted by molar-refractivity contribution is 7.91. The summed E-state index contributed by atoms with van der Waals surface area (Å²) < 4.78 is 27.6. The van der Waals surface area contributed by atoms with E-state index in [4.69, 9.17) is 4.74 Å². The van der Waals surface area contributed by atoms with Gasteiger partial charge in [0, 0.05) is 6.04 Å². The van der Waals surface area contributed by atoms with E-state index in [1.807, 2.05) is 6.07 Å². The van der Waals surface area contributed by atoms with Gasteiger partial charge in [0.15, 0.2) is 16.4 Å². The van der Waals surface area contributed by atoms with Gasteiger partial charge in [0.2, 0.25) is 0 Å².